The average Bonchev–Trinajstić information content (AvgIpc) is 2.29. The third-order valence-corrected chi connectivity index (χ3v) is 2.09. The highest BCUT2D eigenvalue weighted by Crippen LogP contribution is 2.29. The predicted octanol–water partition coefficient (Wildman–Crippen LogP) is 1.02. The van der Waals surface area contributed by atoms with Crippen LogP contribution >= 0.6 is 0 Å². The van der Waals surface area contributed by atoms with Gasteiger partial charge in [0.1, 0.15) is 11.3 Å². The number of methoxy groups -OCH3 is 2. The molecule has 6 nitrogen and oxygen atoms in total. The molecule has 0 spiro atoms. The Morgan fingerprint density at radius 3 is 2.41 bits per heavy atom. The van der Waals surface area contributed by atoms with E-state index >= 15 is 0 Å². The van der Waals surface area contributed by atoms with E-state index in [9.17, 15) is 9.59 Å². The van der Waals surface area contributed by atoms with Gasteiger partial charge in [0.15, 0.2) is 0 Å². The van der Waals surface area contributed by atoms with Gasteiger partial charge in [-0.2, -0.15) is 0 Å². The number of ether oxygens (including phenoxy) is 2. The summed E-state index contributed by atoms with van der Waals surface area (Å²) < 4.78 is 9.63. The van der Waals surface area contributed by atoms with Crippen molar-refractivity contribution in [3.63, 3.8) is 0 Å². The highest BCUT2D eigenvalue weighted by molar-refractivity contribution is 5.98. The molecular formula is C11H14N2O4. The van der Waals surface area contributed by atoms with E-state index in [-0.39, 0.29) is 22.9 Å². The summed E-state index contributed by atoms with van der Waals surface area (Å²) in [6.45, 7) is 1.36. The van der Waals surface area contributed by atoms with Gasteiger partial charge in [-0.1, -0.05) is 0 Å². The van der Waals surface area contributed by atoms with Crippen LogP contribution in [0.1, 0.15) is 17.3 Å². The van der Waals surface area contributed by atoms with Crippen LogP contribution in [0.15, 0.2) is 12.1 Å². The van der Waals surface area contributed by atoms with Crippen LogP contribution in [0.3, 0.4) is 0 Å². The maximum atomic E-state index is 11.4. The molecule has 0 fully saturated rings. The minimum absolute atomic E-state index is 0.210. The first-order valence-electron chi connectivity index (χ1n) is 4.83. The maximum Gasteiger partial charge on any atom is 0.341 e. The standard InChI is InChI=1S/C11H14N2O4/c1-6(14)13-9-5-10(16-2)7(4-8(9)12)11(15)17-3/h4-5H,12H2,1-3H3,(H,13,14). The fraction of sp³-hybridized carbons (Fsp3) is 0.273. The number of hydrogen-bond donors (Lipinski definition) is 2. The van der Waals surface area contributed by atoms with Crippen LogP contribution in [0.2, 0.25) is 0 Å². The number of carbonyl (C=O) groups is 2. The number of nitrogen functional groups attached to an aromatic ring is 1. The SMILES string of the molecule is COC(=O)c1cc(N)c(NC(C)=O)cc1OC. The molecule has 0 aliphatic rings. The molecule has 1 amide bonds. The first kappa shape index (κ1) is 12.8. The molecule has 0 atom stereocenters. The van der Waals surface area contributed by atoms with E-state index in [1.807, 2.05) is 0 Å². The van der Waals surface area contributed by atoms with Crippen molar-refractivity contribution in [1.82, 2.24) is 0 Å². The van der Waals surface area contributed by atoms with Gasteiger partial charge >= 0.3 is 5.97 Å². The zero-order valence-corrected chi connectivity index (χ0v) is 9.87. The Labute approximate surface area is 98.7 Å². The Kier molecular flexibility index (Phi) is 3.92. The number of nitrogens with two attached hydrogens (primary N) is 1. The normalized spacial score (nSPS) is 9.59. The molecular weight excluding hydrogens is 224 g/mol. The molecule has 92 valence electrons. The summed E-state index contributed by atoms with van der Waals surface area (Å²) in [6.07, 6.45) is 0. The number of anilines is 2. The van der Waals surface area contributed by atoms with Crippen molar-refractivity contribution in [1.29, 1.82) is 0 Å². The fourth-order valence-corrected chi connectivity index (χ4v) is 1.33. The lowest BCUT2D eigenvalue weighted by Gasteiger charge is -2.12. The van der Waals surface area contributed by atoms with Gasteiger partial charge in [0, 0.05) is 13.0 Å². The fourth-order valence-electron chi connectivity index (χ4n) is 1.33. The summed E-state index contributed by atoms with van der Waals surface area (Å²) in [5.74, 6) is -0.526. The molecule has 0 aliphatic heterocycles. The van der Waals surface area contributed by atoms with E-state index in [0.717, 1.165) is 0 Å². The number of amides is 1. The first-order chi connectivity index (χ1) is 7.99. The van der Waals surface area contributed by atoms with Crippen LogP contribution in [-0.4, -0.2) is 26.1 Å². The van der Waals surface area contributed by atoms with Gasteiger partial charge in [0.25, 0.3) is 0 Å². The second kappa shape index (κ2) is 5.20. The monoisotopic (exact) mass is 238 g/mol. The minimum atomic E-state index is -0.553. The van der Waals surface area contributed by atoms with Gasteiger partial charge in [0.05, 0.1) is 25.6 Å². The van der Waals surface area contributed by atoms with E-state index in [2.05, 4.69) is 10.1 Å². The zero-order chi connectivity index (χ0) is 13.0. The lowest BCUT2D eigenvalue weighted by atomic mass is 10.1. The average molecular weight is 238 g/mol. The topological polar surface area (TPSA) is 90.6 Å². The van der Waals surface area contributed by atoms with Gasteiger partial charge in [-0.05, 0) is 6.07 Å². The number of nitrogens with one attached hydrogen (secondary N) is 1. The molecule has 1 rings (SSSR count). The maximum absolute atomic E-state index is 11.4. The molecule has 0 saturated carbocycles. The van der Waals surface area contributed by atoms with Crippen LogP contribution in [0, 0.1) is 0 Å². The summed E-state index contributed by atoms with van der Waals surface area (Å²) in [6, 6.07) is 2.87. The Hall–Kier alpha value is -2.24. The number of hydrogen-bond acceptors (Lipinski definition) is 5. The van der Waals surface area contributed by atoms with Crippen molar-refractivity contribution >= 4 is 23.3 Å². The number of benzene rings is 1. The van der Waals surface area contributed by atoms with E-state index in [4.69, 9.17) is 10.5 Å². The third-order valence-electron chi connectivity index (χ3n) is 2.09. The Balaban J connectivity index is 3.24. The van der Waals surface area contributed by atoms with Gasteiger partial charge in [-0.25, -0.2) is 4.79 Å². The van der Waals surface area contributed by atoms with Crippen molar-refractivity contribution in [2.45, 2.75) is 6.92 Å². The number of esters is 1. The smallest absolute Gasteiger partial charge is 0.341 e. The molecule has 17 heavy (non-hydrogen) atoms. The summed E-state index contributed by atoms with van der Waals surface area (Å²) in [5, 5.41) is 2.54. The number of rotatable bonds is 3. The molecule has 1 aromatic rings. The summed E-state index contributed by atoms with van der Waals surface area (Å²) >= 11 is 0. The molecule has 0 saturated heterocycles. The van der Waals surface area contributed by atoms with E-state index < -0.39 is 5.97 Å². The predicted molar refractivity (Wildman–Crippen MR) is 63.0 cm³/mol. The summed E-state index contributed by atoms with van der Waals surface area (Å²) in [4.78, 5) is 22.4. The third kappa shape index (κ3) is 2.87. The van der Waals surface area contributed by atoms with Crippen LogP contribution < -0.4 is 15.8 Å². The van der Waals surface area contributed by atoms with Crippen molar-refractivity contribution in [3.05, 3.63) is 17.7 Å². The van der Waals surface area contributed by atoms with Gasteiger partial charge in [0.2, 0.25) is 5.91 Å². The Morgan fingerprint density at radius 2 is 1.94 bits per heavy atom. The lowest BCUT2D eigenvalue weighted by Crippen LogP contribution is -2.11. The molecule has 3 N–H and O–H groups in total. The number of carbonyl (C=O) groups excluding carboxylic acids is 2. The Morgan fingerprint density at radius 1 is 1.29 bits per heavy atom. The van der Waals surface area contributed by atoms with Crippen LogP contribution in [0.4, 0.5) is 11.4 Å². The van der Waals surface area contributed by atoms with Crippen LogP contribution in [-0.2, 0) is 9.53 Å². The second-order valence-corrected chi connectivity index (χ2v) is 3.31. The van der Waals surface area contributed by atoms with Crippen LogP contribution in [0.25, 0.3) is 0 Å². The molecule has 0 radical (unpaired) electrons. The van der Waals surface area contributed by atoms with Gasteiger partial charge in [-0.3, -0.25) is 4.79 Å². The zero-order valence-electron chi connectivity index (χ0n) is 9.87. The van der Waals surface area contributed by atoms with Crippen LogP contribution in [0.5, 0.6) is 5.75 Å². The molecule has 1 aromatic carbocycles. The van der Waals surface area contributed by atoms with Crippen molar-refractivity contribution in [2.75, 3.05) is 25.3 Å². The summed E-state index contributed by atoms with van der Waals surface area (Å²) in [7, 11) is 2.68. The van der Waals surface area contributed by atoms with E-state index in [1.54, 1.807) is 0 Å². The minimum Gasteiger partial charge on any atom is -0.496 e. The van der Waals surface area contributed by atoms with Crippen molar-refractivity contribution in [3.8, 4) is 5.75 Å². The highest BCUT2D eigenvalue weighted by Gasteiger charge is 2.16. The quantitative estimate of drug-likeness (QED) is 0.606. The molecule has 0 aromatic heterocycles. The highest BCUT2D eigenvalue weighted by atomic mass is 16.5. The second-order valence-electron chi connectivity index (χ2n) is 3.31. The molecule has 6 heteroatoms. The lowest BCUT2D eigenvalue weighted by molar-refractivity contribution is -0.114. The van der Waals surface area contributed by atoms with Gasteiger partial charge in [-0.15, -0.1) is 0 Å². The molecule has 0 bridgehead atoms. The summed E-state index contributed by atoms with van der Waals surface area (Å²) in [5.41, 5.74) is 6.57. The first-order valence-corrected chi connectivity index (χ1v) is 4.83. The Bertz CT molecular complexity index is 457. The van der Waals surface area contributed by atoms with E-state index in [1.165, 1.54) is 33.3 Å². The van der Waals surface area contributed by atoms with Gasteiger partial charge < -0.3 is 20.5 Å². The molecule has 0 heterocycles. The largest absolute Gasteiger partial charge is 0.496 e. The van der Waals surface area contributed by atoms with Crippen molar-refractivity contribution in [2.24, 2.45) is 0 Å². The molecule has 0 unspecified atom stereocenters. The molecule has 0 aliphatic carbocycles. The van der Waals surface area contributed by atoms with E-state index in [0.29, 0.717) is 5.69 Å². The van der Waals surface area contributed by atoms with Crippen molar-refractivity contribution < 1.29 is 19.1 Å².